The number of aliphatic hydroxyl groups excluding tert-OH is 1. The number of nitrogens with two attached hydrogens (primary N) is 1. The van der Waals surface area contributed by atoms with E-state index in [2.05, 4.69) is 4.90 Å². The summed E-state index contributed by atoms with van der Waals surface area (Å²) in [5.41, 5.74) is 6.16. The number of likely N-dealkylation sites (tertiary alicyclic amines) is 1. The summed E-state index contributed by atoms with van der Waals surface area (Å²) in [5.74, 6) is -1.85. The summed E-state index contributed by atoms with van der Waals surface area (Å²) in [4.78, 5) is 41.0. The molecule has 1 atom stereocenters. The predicted molar refractivity (Wildman–Crippen MR) is 133 cm³/mol. The maximum absolute atomic E-state index is 13.2. The zero-order valence-corrected chi connectivity index (χ0v) is 20.4. The van der Waals surface area contributed by atoms with E-state index in [1.54, 1.807) is 48.5 Å². The minimum atomic E-state index is -0.782. The van der Waals surface area contributed by atoms with Crippen LogP contribution in [-0.4, -0.2) is 78.5 Å². The molecule has 2 fully saturated rings. The summed E-state index contributed by atoms with van der Waals surface area (Å²) >= 11 is 5.98. The molecule has 190 valence electrons. The van der Waals surface area contributed by atoms with Gasteiger partial charge in [-0.1, -0.05) is 23.7 Å². The molecule has 0 saturated carbocycles. The Morgan fingerprint density at radius 1 is 1.06 bits per heavy atom. The van der Waals surface area contributed by atoms with E-state index >= 15 is 0 Å². The van der Waals surface area contributed by atoms with E-state index in [0.717, 1.165) is 19.6 Å². The van der Waals surface area contributed by atoms with Crippen molar-refractivity contribution >= 4 is 35.0 Å². The molecule has 2 aliphatic heterocycles. The molecule has 2 aromatic carbocycles. The fraction of sp³-hybridized carbons (Fsp3) is 0.346. The number of benzene rings is 2. The number of amides is 2. The molecule has 0 radical (unpaired) electrons. The second kappa shape index (κ2) is 11.6. The SMILES string of the molecule is NC(=O)COc1ccc(C2C(=C(O)c3ccc(Cl)cc3)C(=O)C(=O)N2CCCN2CCOCC2)cc1. The zero-order chi connectivity index (χ0) is 25.7. The largest absolute Gasteiger partial charge is 0.507 e. The van der Waals surface area contributed by atoms with Crippen LogP contribution >= 0.6 is 11.6 Å². The summed E-state index contributed by atoms with van der Waals surface area (Å²) in [5, 5.41) is 11.6. The third-order valence-electron chi connectivity index (χ3n) is 6.21. The molecule has 0 aliphatic carbocycles. The van der Waals surface area contributed by atoms with Gasteiger partial charge in [0.1, 0.15) is 11.5 Å². The third kappa shape index (κ3) is 5.87. The lowest BCUT2D eigenvalue weighted by atomic mass is 9.95. The molecule has 2 saturated heterocycles. The van der Waals surface area contributed by atoms with E-state index in [9.17, 15) is 19.5 Å². The lowest BCUT2D eigenvalue weighted by Gasteiger charge is -2.29. The van der Waals surface area contributed by atoms with Crippen molar-refractivity contribution in [2.45, 2.75) is 12.5 Å². The number of rotatable bonds is 9. The summed E-state index contributed by atoms with van der Waals surface area (Å²) in [6.45, 7) is 3.83. The van der Waals surface area contributed by atoms with Crippen LogP contribution in [-0.2, 0) is 19.1 Å². The summed E-state index contributed by atoms with van der Waals surface area (Å²) in [6.07, 6.45) is 0.657. The van der Waals surface area contributed by atoms with Crippen molar-refractivity contribution in [2.24, 2.45) is 5.73 Å². The number of ether oxygens (including phenoxy) is 2. The molecule has 3 N–H and O–H groups in total. The quantitative estimate of drug-likeness (QED) is 0.300. The average Bonchev–Trinajstić information content (AvgIpc) is 3.13. The normalized spacial score (nSPS) is 20.0. The Bertz CT molecular complexity index is 1140. The standard InChI is InChI=1S/C26H28ClN3O6/c27-19-6-2-18(3-7-19)24(32)22-23(17-4-8-20(9-5-17)36-16-21(28)31)30(26(34)25(22)33)11-1-10-29-12-14-35-15-13-29/h2-9,23,32H,1,10-16H2,(H2,28,31). The summed E-state index contributed by atoms with van der Waals surface area (Å²) in [7, 11) is 0. The predicted octanol–water partition coefficient (Wildman–Crippen LogP) is 2.35. The third-order valence-corrected chi connectivity index (χ3v) is 6.46. The second-order valence-electron chi connectivity index (χ2n) is 8.63. The van der Waals surface area contributed by atoms with Crippen molar-refractivity contribution in [3.05, 3.63) is 70.3 Å². The maximum atomic E-state index is 13.2. The van der Waals surface area contributed by atoms with E-state index in [1.807, 2.05) is 0 Å². The number of halogens is 1. The Morgan fingerprint density at radius 2 is 1.72 bits per heavy atom. The van der Waals surface area contributed by atoms with Gasteiger partial charge in [0.15, 0.2) is 6.61 Å². The number of ketones is 1. The van der Waals surface area contributed by atoms with Gasteiger partial charge in [-0.15, -0.1) is 0 Å². The number of carbonyl (C=O) groups excluding carboxylic acids is 3. The number of hydrogen-bond acceptors (Lipinski definition) is 7. The first-order valence-electron chi connectivity index (χ1n) is 11.7. The molecule has 1 unspecified atom stereocenters. The zero-order valence-electron chi connectivity index (χ0n) is 19.7. The van der Waals surface area contributed by atoms with Gasteiger partial charge in [0, 0.05) is 36.8 Å². The highest BCUT2D eigenvalue weighted by Gasteiger charge is 2.45. The first-order valence-corrected chi connectivity index (χ1v) is 12.1. The van der Waals surface area contributed by atoms with Crippen molar-refractivity contribution < 1.29 is 29.0 Å². The molecular weight excluding hydrogens is 486 g/mol. The van der Waals surface area contributed by atoms with E-state index in [-0.39, 0.29) is 17.9 Å². The first-order chi connectivity index (χ1) is 17.3. The molecule has 2 heterocycles. The monoisotopic (exact) mass is 513 g/mol. The summed E-state index contributed by atoms with van der Waals surface area (Å²) in [6, 6.07) is 12.3. The summed E-state index contributed by atoms with van der Waals surface area (Å²) < 4.78 is 10.7. The highest BCUT2D eigenvalue weighted by molar-refractivity contribution is 6.46. The lowest BCUT2D eigenvalue weighted by Crippen LogP contribution is -2.38. The molecule has 0 spiro atoms. The van der Waals surface area contributed by atoms with Gasteiger partial charge in [-0.25, -0.2) is 0 Å². The molecule has 4 rings (SSSR count). The van der Waals surface area contributed by atoms with Crippen molar-refractivity contribution in [1.29, 1.82) is 0 Å². The number of Topliss-reactive ketones (excluding diaryl/α,β-unsaturated/α-hetero) is 1. The highest BCUT2D eigenvalue weighted by atomic mass is 35.5. The van der Waals surface area contributed by atoms with Crippen LogP contribution in [0.3, 0.4) is 0 Å². The van der Waals surface area contributed by atoms with E-state index < -0.39 is 23.6 Å². The molecule has 0 bridgehead atoms. The Morgan fingerprint density at radius 3 is 2.36 bits per heavy atom. The lowest BCUT2D eigenvalue weighted by molar-refractivity contribution is -0.140. The van der Waals surface area contributed by atoms with Gasteiger partial charge < -0.3 is 25.2 Å². The van der Waals surface area contributed by atoms with Gasteiger partial charge in [0.2, 0.25) is 0 Å². The second-order valence-corrected chi connectivity index (χ2v) is 9.07. The van der Waals surface area contributed by atoms with Crippen LogP contribution in [0.2, 0.25) is 5.02 Å². The van der Waals surface area contributed by atoms with Gasteiger partial charge in [-0.05, 0) is 48.4 Å². The highest BCUT2D eigenvalue weighted by Crippen LogP contribution is 2.40. The molecule has 36 heavy (non-hydrogen) atoms. The van der Waals surface area contributed by atoms with Gasteiger partial charge in [0.05, 0.1) is 24.8 Å². The number of hydrogen-bond donors (Lipinski definition) is 2. The molecule has 2 aliphatic rings. The Kier molecular flexibility index (Phi) is 8.25. The topological polar surface area (TPSA) is 122 Å². The van der Waals surface area contributed by atoms with Crippen LogP contribution < -0.4 is 10.5 Å². The minimum Gasteiger partial charge on any atom is -0.507 e. The van der Waals surface area contributed by atoms with Crippen LogP contribution in [0, 0.1) is 0 Å². The van der Waals surface area contributed by atoms with Crippen LogP contribution in [0.5, 0.6) is 5.75 Å². The van der Waals surface area contributed by atoms with Crippen molar-refractivity contribution in [3.8, 4) is 5.75 Å². The van der Waals surface area contributed by atoms with Gasteiger partial charge >= 0.3 is 0 Å². The maximum Gasteiger partial charge on any atom is 0.295 e. The fourth-order valence-electron chi connectivity index (χ4n) is 4.41. The van der Waals surface area contributed by atoms with E-state index in [0.29, 0.717) is 48.1 Å². The number of carbonyl (C=O) groups is 3. The van der Waals surface area contributed by atoms with Gasteiger partial charge in [-0.2, -0.15) is 0 Å². The van der Waals surface area contributed by atoms with Crippen LogP contribution in [0.25, 0.3) is 5.76 Å². The first kappa shape index (κ1) is 25.7. The minimum absolute atomic E-state index is 0.0134. The van der Waals surface area contributed by atoms with Crippen molar-refractivity contribution in [1.82, 2.24) is 9.80 Å². The van der Waals surface area contributed by atoms with Crippen LogP contribution in [0.4, 0.5) is 0 Å². The van der Waals surface area contributed by atoms with E-state index in [1.165, 1.54) is 4.90 Å². The van der Waals surface area contributed by atoms with Crippen LogP contribution in [0.1, 0.15) is 23.6 Å². The number of aliphatic hydroxyl groups is 1. The fourth-order valence-corrected chi connectivity index (χ4v) is 4.54. The molecule has 10 heteroatoms. The Balaban J connectivity index is 1.64. The Hall–Kier alpha value is -3.40. The van der Waals surface area contributed by atoms with Crippen molar-refractivity contribution in [2.75, 3.05) is 46.0 Å². The molecule has 2 aromatic rings. The smallest absolute Gasteiger partial charge is 0.295 e. The number of nitrogens with zero attached hydrogens (tertiary/aromatic N) is 2. The van der Waals surface area contributed by atoms with Gasteiger partial charge in [-0.3, -0.25) is 19.3 Å². The molecule has 0 aromatic heterocycles. The number of morpholine rings is 1. The molecular formula is C26H28ClN3O6. The number of primary amides is 1. The Labute approximate surface area is 214 Å². The molecule has 2 amide bonds. The van der Waals surface area contributed by atoms with E-state index in [4.69, 9.17) is 26.8 Å². The molecule has 9 nitrogen and oxygen atoms in total. The van der Waals surface area contributed by atoms with Crippen LogP contribution in [0.15, 0.2) is 54.1 Å². The average molecular weight is 514 g/mol. The van der Waals surface area contributed by atoms with Crippen molar-refractivity contribution in [3.63, 3.8) is 0 Å². The van der Waals surface area contributed by atoms with Gasteiger partial charge in [0.25, 0.3) is 17.6 Å².